The summed E-state index contributed by atoms with van der Waals surface area (Å²) < 4.78 is 0. The molecule has 1 N–H and O–H groups in total. The van der Waals surface area contributed by atoms with Crippen molar-refractivity contribution in [2.24, 2.45) is 17.8 Å². The molecule has 88 valence electrons. The van der Waals surface area contributed by atoms with Gasteiger partial charge < -0.3 is 10.2 Å². The Kier molecular flexibility index (Phi) is 3.50. The Bertz CT molecular complexity index is 296. The molecule has 0 spiro atoms. The van der Waals surface area contributed by atoms with Crippen LogP contribution in [0.5, 0.6) is 0 Å². The fraction of sp³-hybridized carbons (Fsp3) is 0.769. The van der Waals surface area contributed by atoms with Crippen LogP contribution >= 0.6 is 0 Å². The van der Waals surface area contributed by atoms with E-state index < -0.39 is 0 Å². The molecule has 1 amide bonds. The Morgan fingerprint density at radius 3 is 2.56 bits per heavy atom. The lowest BCUT2D eigenvalue weighted by atomic mass is 9.72. The molecule has 2 unspecified atom stereocenters. The number of hydrogen-bond donors (Lipinski definition) is 1. The van der Waals surface area contributed by atoms with Crippen LogP contribution in [0.4, 0.5) is 0 Å². The van der Waals surface area contributed by atoms with Crippen molar-refractivity contribution < 1.29 is 4.79 Å². The molecule has 0 aromatic heterocycles. The molecule has 1 heterocycles. The van der Waals surface area contributed by atoms with Crippen LogP contribution in [-0.4, -0.2) is 37.5 Å². The van der Waals surface area contributed by atoms with Crippen LogP contribution in [0, 0.1) is 30.1 Å². The van der Waals surface area contributed by atoms with Crippen molar-refractivity contribution in [2.45, 2.75) is 19.3 Å². The Labute approximate surface area is 97.6 Å². The summed E-state index contributed by atoms with van der Waals surface area (Å²) in [5.74, 6) is 4.38. The molecule has 0 aromatic rings. The first-order valence-corrected chi connectivity index (χ1v) is 6.10. The van der Waals surface area contributed by atoms with E-state index in [2.05, 4.69) is 11.2 Å². The van der Waals surface area contributed by atoms with Crippen molar-refractivity contribution in [1.82, 2.24) is 10.2 Å². The third-order valence-corrected chi connectivity index (χ3v) is 3.82. The molecule has 1 aliphatic carbocycles. The lowest BCUT2D eigenvalue weighted by Crippen LogP contribution is -2.45. The maximum atomic E-state index is 12.1. The zero-order chi connectivity index (χ0) is 11.5. The molecule has 2 fully saturated rings. The topological polar surface area (TPSA) is 32.3 Å². The van der Waals surface area contributed by atoms with E-state index >= 15 is 0 Å². The Balaban J connectivity index is 1.95. The lowest BCUT2D eigenvalue weighted by Gasteiger charge is -2.39. The van der Waals surface area contributed by atoms with E-state index in [1.807, 2.05) is 7.05 Å². The zero-order valence-corrected chi connectivity index (χ0v) is 9.91. The highest BCUT2D eigenvalue weighted by atomic mass is 16.2. The van der Waals surface area contributed by atoms with Crippen LogP contribution in [0.2, 0.25) is 0 Å². The Hall–Kier alpha value is -1.01. The first kappa shape index (κ1) is 11.5. The summed E-state index contributed by atoms with van der Waals surface area (Å²) in [6, 6.07) is 0. The quantitative estimate of drug-likeness (QED) is 0.695. The first-order chi connectivity index (χ1) is 7.70. The smallest absolute Gasteiger partial charge is 0.226 e. The first-order valence-electron chi connectivity index (χ1n) is 6.10. The summed E-state index contributed by atoms with van der Waals surface area (Å²) in [4.78, 5) is 13.8. The summed E-state index contributed by atoms with van der Waals surface area (Å²) in [5, 5.41) is 3.44. The molecule has 2 rings (SSSR count). The van der Waals surface area contributed by atoms with E-state index in [-0.39, 0.29) is 11.8 Å². The van der Waals surface area contributed by atoms with Crippen LogP contribution in [0.1, 0.15) is 19.3 Å². The summed E-state index contributed by atoms with van der Waals surface area (Å²) >= 11 is 0. The van der Waals surface area contributed by atoms with Crippen molar-refractivity contribution in [2.75, 3.05) is 26.7 Å². The Morgan fingerprint density at radius 1 is 1.38 bits per heavy atom. The second-order valence-electron chi connectivity index (χ2n) is 5.19. The molecule has 2 aliphatic rings. The number of amides is 1. The molecule has 0 aromatic carbocycles. The van der Waals surface area contributed by atoms with Gasteiger partial charge in [0, 0.05) is 13.0 Å². The van der Waals surface area contributed by atoms with Crippen molar-refractivity contribution in [3.05, 3.63) is 0 Å². The van der Waals surface area contributed by atoms with Crippen LogP contribution in [0.15, 0.2) is 0 Å². The highest BCUT2D eigenvalue weighted by Gasteiger charge is 2.35. The van der Waals surface area contributed by atoms with Gasteiger partial charge >= 0.3 is 0 Å². The summed E-state index contributed by atoms with van der Waals surface area (Å²) in [5.41, 5.74) is 0. The van der Waals surface area contributed by atoms with E-state index in [1.165, 1.54) is 6.42 Å². The molecule has 0 radical (unpaired) electrons. The standard InChI is InChI=1S/C13H20N2O/c1-3-4-15(2)13(16)12-6-10-5-11(7-12)9-14-8-10/h1,10-12,14H,4-9H2,2H3. The van der Waals surface area contributed by atoms with Gasteiger partial charge in [-0.2, -0.15) is 0 Å². The van der Waals surface area contributed by atoms with Crippen LogP contribution in [0.3, 0.4) is 0 Å². The molecular formula is C13H20N2O. The van der Waals surface area contributed by atoms with E-state index in [0.29, 0.717) is 18.4 Å². The molecule has 1 saturated carbocycles. The average Bonchev–Trinajstić information content (AvgIpc) is 2.27. The van der Waals surface area contributed by atoms with Gasteiger partial charge in [-0.05, 0) is 44.2 Å². The van der Waals surface area contributed by atoms with Crippen LogP contribution in [0.25, 0.3) is 0 Å². The van der Waals surface area contributed by atoms with Gasteiger partial charge in [0.2, 0.25) is 5.91 Å². The monoisotopic (exact) mass is 220 g/mol. The maximum absolute atomic E-state index is 12.1. The van der Waals surface area contributed by atoms with E-state index in [0.717, 1.165) is 25.9 Å². The fourth-order valence-corrected chi connectivity index (χ4v) is 3.12. The molecule has 3 heteroatoms. The minimum Gasteiger partial charge on any atom is -0.334 e. The number of carbonyl (C=O) groups is 1. The van der Waals surface area contributed by atoms with E-state index in [9.17, 15) is 4.79 Å². The van der Waals surface area contributed by atoms with E-state index in [4.69, 9.17) is 6.42 Å². The highest BCUT2D eigenvalue weighted by Crippen LogP contribution is 2.35. The number of nitrogens with zero attached hydrogens (tertiary/aromatic N) is 1. The molecule has 2 bridgehead atoms. The molecule has 2 atom stereocenters. The number of nitrogens with one attached hydrogen (secondary N) is 1. The van der Waals surface area contributed by atoms with Crippen LogP contribution in [-0.2, 0) is 4.79 Å². The number of rotatable bonds is 2. The van der Waals surface area contributed by atoms with Crippen molar-refractivity contribution in [3.63, 3.8) is 0 Å². The van der Waals surface area contributed by atoms with Gasteiger partial charge in [0.05, 0.1) is 6.54 Å². The Morgan fingerprint density at radius 2 is 2.00 bits per heavy atom. The lowest BCUT2D eigenvalue weighted by molar-refractivity contribution is -0.136. The highest BCUT2D eigenvalue weighted by molar-refractivity contribution is 5.79. The number of piperidine rings is 1. The maximum Gasteiger partial charge on any atom is 0.226 e. The van der Waals surface area contributed by atoms with Crippen molar-refractivity contribution in [1.29, 1.82) is 0 Å². The zero-order valence-electron chi connectivity index (χ0n) is 9.91. The molecule has 16 heavy (non-hydrogen) atoms. The predicted octanol–water partition coefficient (Wildman–Crippen LogP) is 0.714. The number of terminal acetylenes is 1. The normalized spacial score (nSPS) is 32.9. The third-order valence-electron chi connectivity index (χ3n) is 3.82. The van der Waals surface area contributed by atoms with E-state index in [1.54, 1.807) is 4.90 Å². The van der Waals surface area contributed by atoms with Gasteiger partial charge in [-0.25, -0.2) is 0 Å². The number of hydrogen-bond acceptors (Lipinski definition) is 2. The third kappa shape index (κ3) is 2.38. The summed E-state index contributed by atoms with van der Waals surface area (Å²) in [6.45, 7) is 2.60. The predicted molar refractivity (Wildman–Crippen MR) is 63.7 cm³/mol. The molecular weight excluding hydrogens is 200 g/mol. The minimum atomic E-state index is 0.212. The van der Waals surface area contributed by atoms with Gasteiger partial charge in [0.15, 0.2) is 0 Å². The molecule has 1 aliphatic heterocycles. The van der Waals surface area contributed by atoms with Gasteiger partial charge in [0.25, 0.3) is 0 Å². The molecule has 1 saturated heterocycles. The van der Waals surface area contributed by atoms with Gasteiger partial charge in [-0.3, -0.25) is 4.79 Å². The average molecular weight is 220 g/mol. The van der Waals surface area contributed by atoms with Crippen molar-refractivity contribution >= 4 is 5.91 Å². The van der Waals surface area contributed by atoms with Crippen molar-refractivity contribution in [3.8, 4) is 12.3 Å². The summed E-state index contributed by atoms with van der Waals surface area (Å²) in [6.07, 6.45) is 8.61. The second-order valence-corrected chi connectivity index (χ2v) is 5.19. The SMILES string of the molecule is C#CCN(C)C(=O)C1CC2CNCC(C2)C1. The number of carbonyl (C=O) groups excluding carboxylic acids is 1. The van der Waals surface area contributed by atoms with Gasteiger partial charge in [-0.15, -0.1) is 6.42 Å². The second kappa shape index (κ2) is 4.88. The summed E-state index contributed by atoms with van der Waals surface area (Å²) in [7, 11) is 1.81. The van der Waals surface area contributed by atoms with Gasteiger partial charge in [0.1, 0.15) is 0 Å². The minimum absolute atomic E-state index is 0.212. The molecule has 3 nitrogen and oxygen atoms in total. The number of fused-ring (bicyclic) bond motifs is 2. The largest absolute Gasteiger partial charge is 0.334 e. The van der Waals surface area contributed by atoms with Gasteiger partial charge in [-0.1, -0.05) is 5.92 Å². The van der Waals surface area contributed by atoms with Crippen LogP contribution < -0.4 is 5.32 Å². The fourth-order valence-electron chi connectivity index (χ4n) is 3.12.